The Bertz CT molecular complexity index is 741. The standard InChI is InChI=1S/C17H17Cl2N3O2/c1-3-22(4-2)17(24)12-8-11(9-20-10-12)16(23)21-15-13(18)6-5-7-14(15)19/h5-10H,3-4H2,1-2H3,(H,21,23). The van der Waals surface area contributed by atoms with Crippen LogP contribution in [0.2, 0.25) is 10.0 Å². The van der Waals surface area contributed by atoms with Gasteiger partial charge in [0.25, 0.3) is 11.8 Å². The zero-order valence-electron chi connectivity index (χ0n) is 13.3. The number of amides is 2. The summed E-state index contributed by atoms with van der Waals surface area (Å²) < 4.78 is 0. The number of hydrogen-bond acceptors (Lipinski definition) is 3. The van der Waals surface area contributed by atoms with E-state index in [2.05, 4.69) is 10.3 Å². The largest absolute Gasteiger partial charge is 0.339 e. The fraction of sp³-hybridized carbons (Fsp3) is 0.235. The summed E-state index contributed by atoms with van der Waals surface area (Å²) in [6.07, 6.45) is 2.83. The molecule has 0 radical (unpaired) electrons. The first-order valence-electron chi connectivity index (χ1n) is 7.47. The molecule has 2 aromatic rings. The molecule has 0 bridgehead atoms. The van der Waals surface area contributed by atoms with Crippen molar-refractivity contribution in [2.75, 3.05) is 18.4 Å². The maximum absolute atomic E-state index is 12.4. The highest BCUT2D eigenvalue weighted by Gasteiger charge is 2.16. The predicted octanol–water partition coefficient (Wildman–Crippen LogP) is 4.12. The lowest BCUT2D eigenvalue weighted by Gasteiger charge is -2.18. The summed E-state index contributed by atoms with van der Waals surface area (Å²) in [5.74, 6) is -0.607. The van der Waals surface area contributed by atoms with Gasteiger partial charge < -0.3 is 10.2 Å². The van der Waals surface area contributed by atoms with Crippen molar-refractivity contribution < 1.29 is 9.59 Å². The minimum absolute atomic E-state index is 0.169. The fourth-order valence-corrected chi connectivity index (χ4v) is 2.67. The number of rotatable bonds is 5. The lowest BCUT2D eigenvalue weighted by molar-refractivity contribution is 0.0772. The first-order chi connectivity index (χ1) is 11.5. The summed E-state index contributed by atoms with van der Waals surface area (Å²) in [5.41, 5.74) is 0.937. The molecule has 1 heterocycles. The van der Waals surface area contributed by atoms with Gasteiger partial charge in [0.05, 0.1) is 26.9 Å². The normalized spacial score (nSPS) is 10.3. The van der Waals surface area contributed by atoms with E-state index in [1.807, 2.05) is 13.8 Å². The minimum atomic E-state index is -0.438. The average molecular weight is 366 g/mol. The van der Waals surface area contributed by atoms with E-state index in [0.717, 1.165) is 0 Å². The second kappa shape index (κ2) is 8.13. The summed E-state index contributed by atoms with van der Waals surface area (Å²) in [5, 5.41) is 3.32. The van der Waals surface area contributed by atoms with Crippen LogP contribution in [0.1, 0.15) is 34.6 Å². The molecule has 7 heteroatoms. The van der Waals surface area contributed by atoms with Crippen LogP contribution in [0.4, 0.5) is 5.69 Å². The zero-order chi connectivity index (χ0) is 17.7. The predicted molar refractivity (Wildman–Crippen MR) is 95.9 cm³/mol. The minimum Gasteiger partial charge on any atom is -0.339 e. The van der Waals surface area contributed by atoms with E-state index < -0.39 is 5.91 Å². The third-order valence-corrected chi connectivity index (χ3v) is 4.13. The topological polar surface area (TPSA) is 62.3 Å². The van der Waals surface area contributed by atoms with E-state index in [0.29, 0.717) is 34.4 Å². The van der Waals surface area contributed by atoms with Crippen LogP contribution in [-0.4, -0.2) is 34.8 Å². The molecule has 0 saturated heterocycles. The molecule has 2 amide bonds. The van der Waals surface area contributed by atoms with Gasteiger partial charge in [0, 0.05) is 25.5 Å². The van der Waals surface area contributed by atoms with Gasteiger partial charge in [-0.3, -0.25) is 14.6 Å². The number of nitrogens with zero attached hydrogens (tertiary/aromatic N) is 2. The van der Waals surface area contributed by atoms with E-state index in [9.17, 15) is 9.59 Å². The number of anilines is 1. The van der Waals surface area contributed by atoms with E-state index in [1.165, 1.54) is 18.5 Å². The number of benzene rings is 1. The van der Waals surface area contributed by atoms with Crippen molar-refractivity contribution in [1.29, 1.82) is 0 Å². The van der Waals surface area contributed by atoms with Crippen LogP contribution in [0.15, 0.2) is 36.7 Å². The number of nitrogens with one attached hydrogen (secondary N) is 1. The average Bonchev–Trinajstić information content (AvgIpc) is 2.59. The Balaban J connectivity index is 2.25. The van der Waals surface area contributed by atoms with Gasteiger partial charge in [-0.05, 0) is 32.0 Å². The Morgan fingerprint density at radius 1 is 1.08 bits per heavy atom. The monoisotopic (exact) mass is 365 g/mol. The molecule has 0 saturated carbocycles. The molecule has 0 aliphatic heterocycles. The van der Waals surface area contributed by atoms with Crippen LogP contribution in [0.5, 0.6) is 0 Å². The summed E-state index contributed by atoms with van der Waals surface area (Å²) in [6, 6.07) is 6.45. The highest BCUT2D eigenvalue weighted by atomic mass is 35.5. The molecule has 1 aromatic carbocycles. The Labute approximate surface area is 150 Å². The Morgan fingerprint density at radius 3 is 2.25 bits per heavy atom. The highest BCUT2D eigenvalue weighted by molar-refractivity contribution is 6.40. The molecule has 5 nitrogen and oxygen atoms in total. The van der Waals surface area contributed by atoms with Crippen molar-refractivity contribution in [3.05, 3.63) is 57.8 Å². The van der Waals surface area contributed by atoms with Crippen LogP contribution >= 0.6 is 23.2 Å². The van der Waals surface area contributed by atoms with E-state index >= 15 is 0 Å². The SMILES string of the molecule is CCN(CC)C(=O)c1cncc(C(=O)Nc2c(Cl)cccc2Cl)c1. The Morgan fingerprint density at radius 2 is 1.67 bits per heavy atom. The first kappa shape index (κ1) is 18.2. The van der Waals surface area contributed by atoms with Crippen molar-refractivity contribution in [2.24, 2.45) is 0 Å². The molecule has 1 aromatic heterocycles. The van der Waals surface area contributed by atoms with Crippen molar-refractivity contribution in [3.63, 3.8) is 0 Å². The van der Waals surface area contributed by atoms with Crippen molar-refractivity contribution in [3.8, 4) is 0 Å². The van der Waals surface area contributed by atoms with Crippen LogP contribution < -0.4 is 5.32 Å². The molecule has 0 spiro atoms. The Hall–Kier alpha value is -2.11. The third-order valence-electron chi connectivity index (χ3n) is 3.50. The first-order valence-corrected chi connectivity index (χ1v) is 8.23. The molecule has 126 valence electrons. The van der Waals surface area contributed by atoms with Gasteiger partial charge in [0.1, 0.15) is 0 Å². The lowest BCUT2D eigenvalue weighted by Crippen LogP contribution is -2.30. The molecule has 0 unspecified atom stereocenters. The molecule has 1 N–H and O–H groups in total. The number of para-hydroxylation sites is 1. The van der Waals surface area contributed by atoms with E-state index in [1.54, 1.807) is 23.1 Å². The number of hydrogen-bond donors (Lipinski definition) is 1. The summed E-state index contributed by atoms with van der Waals surface area (Å²) in [7, 11) is 0. The molecule has 24 heavy (non-hydrogen) atoms. The molecule has 0 fully saturated rings. The molecular weight excluding hydrogens is 349 g/mol. The quantitative estimate of drug-likeness (QED) is 0.866. The van der Waals surface area contributed by atoms with Gasteiger partial charge in [-0.15, -0.1) is 0 Å². The van der Waals surface area contributed by atoms with Crippen LogP contribution in [0.25, 0.3) is 0 Å². The van der Waals surface area contributed by atoms with Gasteiger partial charge in [0.2, 0.25) is 0 Å². The number of carbonyl (C=O) groups is 2. The lowest BCUT2D eigenvalue weighted by atomic mass is 10.1. The molecule has 0 aliphatic rings. The van der Waals surface area contributed by atoms with Gasteiger partial charge >= 0.3 is 0 Å². The molecule has 2 rings (SSSR count). The molecular formula is C17H17Cl2N3O2. The smallest absolute Gasteiger partial charge is 0.257 e. The Kier molecular flexibility index (Phi) is 6.17. The van der Waals surface area contributed by atoms with E-state index in [4.69, 9.17) is 23.2 Å². The second-order valence-electron chi connectivity index (χ2n) is 4.99. The van der Waals surface area contributed by atoms with Crippen molar-refractivity contribution in [1.82, 2.24) is 9.88 Å². The van der Waals surface area contributed by atoms with Gasteiger partial charge in [0.15, 0.2) is 0 Å². The van der Waals surface area contributed by atoms with Gasteiger partial charge in [-0.1, -0.05) is 29.3 Å². The maximum atomic E-state index is 12.4. The number of halogens is 2. The number of carbonyl (C=O) groups excluding carboxylic acids is 2. The number of pyridine rings is 1. The fourth-order valence-electron chi connectivity index (χ4n) is 2.18. The van der Waals surface area contributed by atoms with E-state index in [-0.39, 0.29) is 11.5 Å². The van der Waals surface area contributed by atoms with Crippen molar-refractivity contribution >= 4 is 40.7 Å². The second-order valence-corrected chi connectivity index (χ2v) is 5.80. The van der Waals surface area contributed by atoms with Crippen LogP contribution in [0.3, 0.4) is 0 Å². The van der Waals surface area contributed by atoms with Gasteiger partial charge in [-0.2, -0.15) is 0 Å². The van der Waals surface area contributed by atoms with Gasteiger partial charge in [-0.25, -0.2) is 0 Å². The maximum Gasteiger partial charge on any atom is 0.257 e. The highest BCUT2D eigenvalue weighted by Crippen LogP contribution is 2.30. The van der Waals surface area contributed by atoms with Crippen LogP contribution in [0, 0.1) is 0 Å². The summed E-state index contributed by atoms with van der Waals surface area (Å²) >= 11 is 12.1. The van der Waals surface area contributed by atoms with Crippen molar-refractivity contribution in [2.45, 2.75) is 13.8 Å². The molecule has 0 aliphatic carbocycles. The summed E-state index contributed by atoms with van der Waals surface area (Å²) in [6.45, 7) is 4.96. The zero-order valence-corrected chi connectivity index (χ0v) is 14.9. The third kappa shape index (κ3) is 4.04. The molecule has 0 atom stereocenters. The summed E-state index contributed by atoms with van der Waals surface area (Å²) in [4.78, 5) is 30.4. The number of aromatic nitrogens is 1. The van der Waals surface area contributed by atoms with Crippen LogP contribution in [-0.2, 0) is 0 Å².